The van der Waals surface area contributed by atoms with E-state index in [2.05, 4.69) is 10.9 Å². The van der Waals surface area contributed by atoms with Gasteiger partial charge in [-0.2, -0.15) is 0 Å². The summed E-state index contributed by atoms with van der Waals surface area (Å²) in [4.78, 5) is 16.6. The Kier molecular flexibility index (Phi) is 3.29. The van der Waals surface area contributed by atoms with E-state index in [9.17, 15) is 4.79 Å². The number of pyridine rings is 1. The van der Waals surface area contributed by atoms with Crippen LogP contribution in [0.25, 0.3) is 0 Å². The van der Waals surface area contributed by atoms with Crippen molar-refractivity contribution in [1.29, 1.82) is 0 Å². The molecule has 0 aliphatic heterocycles. The van der Waals surface area contributed by atoms with E-state index in [0.717, 1.165) is 5.69 Å². The quantitative estimate of drug-likeness (QED) is 0.750. The Morgan fingerprint density at radius 2 is 2.40 bits per heavy atom. The number of rotatable bonds is 3. The van der Waals surface area contributed by atoms with Crippen LogP contribution in [0.3, 0.4) is 0 Å². The van der Waals surface area contributed by atoms with Crippen molar-refractivity contribution in [3.8, 4) is 12.3 Å². The summed E-state index contributed by atoms with van der Waals surface area (Å²) in [7, 11) is 1.75. The maximum absolute atomic E-state index is 10.9. The molecule has 0 fully saturated rings. The number of carbonyl (C=O) groups is 1. The van der Waals surface area contributed by atoms with E-state index in [4.69, 9.17) is 11.5 Å². The summed E-state index contributed by atoms with van der Waals surface area (Å²) in [5.41, 5.74) is 1.52. The first-order valence-electron chi connectivity index (χ1n) is 4.40. The van der Waals surface area contributed by atoms with Gasteiger partial charge in [-0.1, -0.05) is 5.92 Å². The van der Waals surface area contributed by atoms with Crippen molar-refractivity contribution in [3.05, 3.63) is 23.5 Å². The van der Waals surface area contributed by atoms with E-state index in [0.29, 0.717) is 12.2 Å². The molecular weight excluding hydrogens is 192 g/mol. The van der Waals surface area contributed by atoms with Crippen LogP contribution in [0.2, 0.25) is 0 Å². The van der Waals surface area contributed by atoms with Gasteiger partial charge in [0.25, 0.3) is 0 Å². The lowest BCUT2D eigenvalue weighted by Gasteiger charge is -2.18. The van der Waals surface area contributed by atoms with Crippen LogP contribution in [0.4, 0.5) is 5.69 Å². The van der Waals surface area contributed by atoms with Gasteiger partial charge in [-0.05, 0) is 13.0 Å². The fourth-order valence-electron chi connectivity index (χ4n) is 1.25. The number of aromatic nitrogens is 1. The van der Waals surface area contributed by atoms with E-state index < -0.39 is 5.97 Å². The largest absolute Gasteiger partial charge is 0.478 e. The van der Waals surface area contributed by atoms with E-state index >= 15 is 0 Å². The Morgan fingerprint density at radius 1 is 1.73 bits per heavy atom. The lowest BCUT2D eigenvalue weighted by Crippen LogP contribution is -2.20. The maximum atomic E-state index is 10.9. The molecule has 0 unspecified atom stereocenters. The number of hydrogen-bond donors (Lipinski definition) is 1. The molecule has 4 heteroatoms. The third-order valence-corrected chi connectivity index (χ3v) is 1.99. The Hall–Kier alpha value is -2.02. The first kappa shape index (κ1) is 11.1. The van der Waals surface area contributed by atoms with Crippen molar-refractivity contribution in [1.82, 2.24) is 4.98 Å². The van der Waals surface area contributed by atoms with Crippen LogP contribution >= 0.6 is 0 Å². The van der Waals surface area contributed by atoms with Gasteiger partial charge in [0, 0.05) is 18.9 Å². The van der Waals surface area contributed by atoms with Crippen LogP contribution < -0.4 is 4.90 Å². The van der Waals surface area contributed by atoms with E-state index in [1.165, 1.54) is 6.20 Å². The third kappa shape index (κ3) is 2.47. The molecule has 0 saturated heterocycles. The zero-order chi connectivity index (χ0) is 11.4. The fraction of sp³-hybridized carbons (Fsp3) is 0.273. The molecule has 0 spiro atoms. The van der Waals surface area contributed by atoms with Crippen molar-refractivity contribution in [2.75, 3.05) is 18.5 Å². The number of carboxylic acid groups (broad SMARTS) is 1. The molecule has 15 heavy (non-hydrogen) atoms. The molecule has 1 aromatic rings. The molecule has 0 amide bonds. The molecule has 0 bridgehead atoms. The Morgan fingerprint density at radius 3 is 2.93 bits per heavy atom. The van der Waals surface area contributed by atoms with Gasteiger partial charge in [-0.15, -0.1) is 6.42 Å². The van der Waals surface area contributed by atoms with Crippen molar-refractivity contribution < 1.29 is 9.90 Å². The zero-order valence-electron chi connectivity index (χ0n) is 8.69. The minimum Gasteiger partial charge on any atom is -0.478 e. The fourth-order valence-corrected chi connectivity index (χ4v) is 1.25. The molecule has 0 aliphatic rings. The number of nitrogens with zero attached hydrogens (tertiary/aromatic N) is 2. The lowest BCUT2D eigenvalue weighted by molar-refractivity contribution is 0.0697. The summed E-state index contributed by atoms with van der Waals surface area (Å²) >= 11 is 0. The van der Waals surface area contributed by atoms with Gasteiger partial charge in [0.2, 0.25) is 0 Å². The molecular formula is C11H12N2O2. The molecule has 1 rings (SSSR count). The molecule has 4 nitrogen and oxygen atoms in total. The molecule has 0 radical (unpaired) electrons. The monoisotopic (exact) mass is 204 g/mol. The topological polar surface area (TPSA) is 53.4 Å². The number of aryl methyl sites for hydroxylation is 1. The first-order chi connectivity index (χ1) is 7.06. The van der Waals surface area contributed by atoms with Crippen molar-refractivity contribution in [3.63, 3.8) is 0 Å². The van der Waals surface area contributed by atoms with Crippen molar-refractivity contribution in [2.45, 2.75) is 6.92 Å². The third-order valence-electron chi connectivity index (χ3n) is 1.99. The molecule has 0 atom stereocenters. The second-order valence-electron chi connectivity index (χ2n) is 3.21. The summed E-state index contributed by atoms with van der Waals surface area (Å²) in [5, 5.41) is 8.96. The van der Waals surface area contributed by atoms with E-state index in [1.54, 1.807) is 24.9 Å². The predicted molar refractivity (Wildman–Crippen MR) is 58.0 cm³/mol. The highest BCUT2D eigenvalue weighted by molar-refractivity contribution is 5.94. The number of aromatic carboxylic acids is 1. The first-order valence-corrected chi connectivity index (χ1v) is 4.40. The second kappa shape index (κ2) is 4.47. The standard InChI is InChI=1S/C11H12N2O2/c1-4-5-13(3)10-6-8(2)12-7-9(10)11(14)15/h1,6-7H,5H2,2-3H3,(H,14,15). The zero-order valence-corrected chi connectivity index (χ0v) is 8.69. The van der Waals surface area contributed by atoms with Gasteiger partial charge in [-0.25, -0.2) is 4.79 Å². The van der Waals surface area contributed by atoms with Gasteiger partial charge >= 0.3 is 5.97 Å². The normalized spacial score (nSPS) is 9.40. The lowest BCUT2D eigenvalue weighted by atomic mass is 10.2. The minimum atomic E-state index is -0.999. The van der Waals surface area contributed by atoms with E-state index in [-0.39, 0.29) is 5.56 Å². The molecule has 1 aromatic heterocycles. The van der Waals surface area contributed by atoms with Gasteiger partial charge < -0.3 is 10.0 Å². The van der Waals surface area contributed by atoms with Crippen LogP contribution in [0.15, 0.2) is 12.3 Å². The summed E-state index contributed by atoms with van der Waals surface area (Å²) in [6.07, 6.45) is 6.52. The second-order valence-corrected chi connectivity index (χ2v) is 3.21. The summed E-state index contributed by atoms with van der Waals surface area (Å²) < 4.78 is 0. The average molecular weight is 204 g/mol. The Labute approximate surface area is 88.6 Å². The molecule has 0 aliphatic carbocycles. The molecule has 1 N–H and O–H groups in total. The van der Waals surface area contributed by atoms with Gasteiger partial charge in [0.1, 0.15) is 5.56 Å². The molecule has 1 heterocycles. The summed E-state index contributed by atoms with van der Waals surface area (Å²) in [6, 6.07) is 1.71. The van der Waals surface area contributed by atoms with Crippen molar-refractivity contribution >= 4 is 11.7 Å². The highest BCUT2D eigenvalue weighted by atomic mass is 16.4. The van der Waals surface area contributed by atoms with Gasteiger partial charge in [0.15, 0.2) is 0 Å². The minimum absolute atomic E-state index is 0.165. The molecule has 0 aromatic carbocycles. The number of anilines is 1. The summed E-state index contributed by atoms with van der Waals surface area (Å²) in [5.74, 6) is 1.47. The maximum Gasteiger partial charge on any atom is 0.339 e. The van der Waals surface area contributed by atoms with Crippen molar-refractivity contribution in [2.24, 2.45) is 0 Å². The number of hydrogen-bond acceptors (Lipinski definition) is 3. The van der Waals surface area contributed by atoms with Gasteiger partial charge in [-0.3, -0.25) is 4.98 Å². The van der Waals surface area contributed by atoms with Crippen LogP contribution in [-0.2, 0) is 0 Å². The smallest absolute Gasteiger partial charge is 0.339 e. The number of carboxylic acids is 1. The number of terminal acetylenes is 1. The van der Waals surface area contributed by atoms with Crippen LogP contribution in [0, 0.1) is 19.3 Å². The highest BCUT2D eigenvalue weighted by Crippen LogP contribution is 2.19. The SMILES string of the molecule is C#CCN(C)c1cc(C)ncc1C(=O)O. The Bertz CT molecular complexity index is 421. The Balaban J connectivity index is 3.19. The highest BCUT2D eigenvalue weighted by Gasteiger charge is 2.13. The molecule has 0 saturated carbocycles. The van der Waals surface area contributed by atoms with E-state index in [1.807, 2.05) is 0 Å². The summed E-state index contributed by atoms with van der Waals surface area (Å²) in [6.45, 7) is 2.17. The predicted octanol–water partition coefficient (Wildman–Crippen LogP) is 1.16. The molecule has 78 valence electrons. The van der Waals surface area contributed by atoms with Crippen LogP contribution in [-0.4, -0.2) is 29.7 Å². The van der Waals surface area contributed by atoms with Gasteiger partial charge in [0.05, 0.1) is 12.2 Å². The van der Waals surface area contributed by atoms with Crippen LogP contribution in [0.5, 0.6) is 0 Å². The average Bonchev–Trinajstić information content (AvgIpc) is 2.17. The van der Waals surface area contributed by atoms with Crippen LogP contribution in [0.1, 0.15) is 16.1 Å².